The van der Waals surface area contributed by atoms with Gasteiger partial charge in [-0.05, 0) is 31.7 Å². The Morgan fingerprint density at radius 3 is 2.64 bits per heavy atom. The van der Waals surface area contributed by atoms with Crippen LogP contribution in [0.25, 0.3) is 0 Å². The van der Waals surface area contributed by atoms with Crippen LogP contribution in [-0.4, -0.2) is 12.6 Å². The Kier molecular flexibility index (Phi) is 3.20. The highest BCUT2D eigenvalue weighted by atomic mass is 14.9. The first-order valence-electron chi connectivity index (χ1n) is 5.73. The molecule has 0 amide bonds. The van der Waals surface area contributed by atoms with Crippen molar-refractivity contribution >= 4 is 0 Å². The lowest BCUT2D eigenvalue weighted by molar-refractivity contribution is -0.697. The van der Waals surface area contributed by atoms with Gasteiger partial charge >= 0.3 is 0 Å². The zero-order valence-electron chi connectivity index (χ0n) is 9.00. The summed E-state index contributed by atoms with van der Waals surface area (Å²) >= 11 is 0. The Morgan fingerprint density at radius 2 is 2.00 bits per heavy atom. The number of piperidine rings is 1. The van der Waals surface area contributed by atoms with E-state index in [0.29, 0.717) is 0 Å². The second kappa shape index (κ2) is 4.61. The fraction of sp³-hybridized carbons (Fsp3) is 0.538. The van der Waals surface area contributed by atoms with Crippen molar-refractivity contribution in [2.24, 2.45) is 0 Å². The minimum atomic E-state index is 0.839. The van der Waals surface area contributed by atoms with E-state index in [-0.39, 0.29) is 0 Å². The molecular weight excluding hydrogens is 170 g/mol. The number of nitrogens with two attached hydrogens (primary N) is 1. The van der Waals surface area contributed by atoms with E-state index in [1.807, 2.05) is 0 Å². The molecule has 0 aliphatic carbocycles. The van der Waals surface area contributed by atoms with Gasteiger partial charge in [0.1, 0.15) is 0 Å². The van der Waals surface area contributed by atoms with Crippen LogP contribution < -0.4 is 5.32 Å². The summed E-state index contributed by atoms with van der Waals surface area (Å²) in [6.07, 6.45) is 5.48. The number of benzene rings is 1. The molecule has 1 heteroatoms. The molecule has 1 aliphatic heterocycles. The molecule has 1 saturated heterocycles. The van der Waals surface area contributed by atoms with Gasteiger partial charge in [0, 0.05) is 6.42 Å². The van der Waals surface area contributed by atoms with Crippen LogP contribution in [0.5, 0.6) is 0 Å². The maximum Gasteiger partial charge on any atom is 0.0900 e. The molecule has 0 saturated carbocycles. The van der Waals surface area contributed by atoms with Gasteiger partial charge in [-0.2, -0.15) is 0 Å². The van der Waals surface area contributed by atoms with Gasteiger partial charge in [-0.15, -0.1) is 0 Å². The van der Waals surface area contributed by atoms with Crippen molar-refractivity contribution in [3.63, 3.8) is 0 Å². The quantitative estimate of drug-likeness (QED) is 0.730. The highest BCUT2D eigenvalue weighted by Gasteiger charge is 2.16. The second-order valence-corrected chi connectivity index (χ2v) is 4.47. The summed E-state index contributed by atoms with van der Waals surface area (Å²) in [5, 5.41) is 2.52. The monoisotopic (exact) mass is 190 g/mol. The zero-order valence-corrected chi connectivity index (χ0v) is 9.00. The van der Waals surface area contributed by atoms with Crippen LogP contribution in [0.15, 0.2) is 24.3 Å². The first-order valence-corrected chi connectivity index (χ1v) is 5.73. The summed E-state index contributed by atoms with van der Waals surface area (Å²) < 4.78 is 0. The average Bonchev–Trinajstić information content (AvgIpc) is 2.23. The third kappa shape index (κ3) is 2.58. The molecule has 2 N–H and O–H groups in total. The van der Waals surface area contributed by atoms with Crippen molar-refractivity contribution in [1.29, 1.82) is 0 Å². The Labute approximate surface area is 86.5 Å². The largest absolute Gasteiger partial charge is 0.344 e. The first kappa shape index (κ1) is 9.72. The van der Waals surface area contributed by atoms with Gasteiger partial charge in [0.2, 0.25) is 0 Å². The van der Waals surface area contributed by atoms with Crippen molar-refractivity contribution in [3.8, 4) is 0 Å². The average molecular weight is 190 g/mol. The van der Waals surface area contributed by atoms with Gasteiger partial charge in [0.25, 0.3) is 0 Å². The molecule has 1 heterocycles. The summed E-state index contributed by atoms with van der Waals surface area (Å²) in [6, 6.07) is 9.83. The Bertz CT molecular complexity index is 270. The van der Waals surface area contributed by atoms with Gasteiger partial charge in [0.05, 0.1) is 12.6 Å². The highest BCUT2D eigenvalue weighted by Crippen LogP contribution is 2.09. The lowest BCUT2D eigenvalue weighted by atomic mass is 9.97. The SMILES string of the molecule is Cc1ccc(C[C@H]2CCCC[NH2+]2)cc1. The van der Waals surface area contributed by atoms with Gasteiger partial charge in [-0.25, -0.2) is 0 Å². The standard InChI is InChI=1S/C13H19N/c1-11-5-7-12(8-6-11)10-13-4-2-3-9-14-13/h5-8,13-14H,2-4,9-10H2,1H3/p+1/t13-/m1/s1. The van der Waals surface area contributed by atoms with Crippen LogP contribution in [0.2, 0.25) is 0 Å². The van der Waals surface area contributed by atoms with Gasteiger partial charge in [-0.3, -0.25) is 0 Å². The van der Waals surface area contributed by atoms with E-state index in [2.05, 4.69) is 36.5 Å². The van der Waals surface area contributed by atoms with E-state index in [1.54, 1.807) is 0 Å². The van der Waals surface area contributed by atoms with E-state index >= 15 is 0 Å². The minimum absolute atomic E-state index is 0.839. The summed E-state index contributed by atoms with van der Waals surface area (Å²) in [5.74, 6) is 0. The molecule has 1 fully saturated rings. The van der Waals surface area contributed by atoms with Crippen molar-refractivity contribution in [2.75, 3.05) is 6.54 Å². The molecule has 0 radical (unpaired) electrons. The minimum Gasteiger partial charge on any atom is -0.344 e. The van der Waals surface area contributed by atoms with E-state index in [1.165, 1.54) is 43.4 Å². The van der Waals surface area contributed by atoms with Crippen molar-refractivity contribution in [2.45, 2.75) is 38.6 Å². The number of rotatable bonds is 2. The van der Waals surface area contributed by atoms with Crippen LogP contribution in [0.4, 0.5) is 0 Å². The molecule has 0 bridgehead atoms. The summed E-state index contributed by atoms with van der Waals surface area (Å²) in [4.78, 5) is 0. The Hall–Kier alpha value is -0.820. The summed E-state index contributed by atoms with van der Waals surface area (Å²) in [6.45, 7) is 3.48. The van der Waals surface area contributed by atoms with Gasteiger partial charge < -0.3 is 5.32 Å². The Balaban J connectivity index is 1.92. The fourth-order valence-electron chi connectivity index (χ4n) is 2.23. The van der Waals surface area contributed by atoms with Crippen LogP contribution in [0, 0.1) is 6.92 Å². The maximum atomic E-state index is 2.52. The molecule has 1 atom stereocenters. The summed E-state index contributed by atoms with van der Waals surface area (Å²) in [7, 11) is 0. The molecule has 1 aliphatic rings. The maximum absolute atomic E-state index is 2.52. The summed E-state index contributed by atoms with van der Waals surface area (Å²) in [5.41, 5.74) is 2.86. The fourth-order valence-corrected chi connectivity index (χ4v) is 2.23. The molecule has 1 nitrogen and oxygen atoms in total. The van der Waals surface area contributed by atoms with E-state index in [4.69, 9.17) is 0 Å². The molecule has 2 rings (SSSR count). The van der Waals surface area contributed by atoms with Crippen molar-refractivity contribution in [1.82, 2.24) is 0 Å². The smallest absolute Gasteiger partial charge is 0.0900 e. The first-order chi connectivity index (χ1) is 6.84. The van der Waals surface area contributed by atoms with Crippen molar-refractivity contribution in [3.05, 3.63) is 35.4 Å². The number of quaternary nitrogens is 1. The number of aryl methyl sites for hydroxylation is 1. The third-order valence-electron chi connectivity index (χ3n) is 3.15. The highest BCUT2D eigenvalue weighted by molar-refractivity contribution is 5.21. The van der Waals surface area contributed by atoms with Crippen molar-refractivity contribution < 1.29 is 5.32 Å². The van der Waals surface area contributed by atoms with Gasteiger partial charge in [0.15, 0.2) is 0 Å². The van der Waals surface area contributed by atoms with E-state index < -0.39 is 0 Å². The lowest BCUT2D eigenvalue weighted by Gasteiger charge is -2.20. The van der Waals surface area contributed by atoms with Crippen LogP contribution in [-0.2, 0) is 6.42 Å². The van der Waals surface area contributed by atoms with Gasteiger partial charge in [-0.1, -0.05) is 29.8 Å². The third-order valence-corrected chi connectivity index (χ3v) is 3.15. The topological polar surface area (TPSA) is 16.6 Å². The van der Waals surface area contributed by atoms with Crippen LogP contribution in [0.1, 0.15) is 30.4 Å². The molecule has 0 unspecified atom stereocenters. The zero-order chi connectivity index (χ0) is 9.80. The molecule has 14 heavy (non-hydrogen) atoms. The van der Waals surface area contributed by atoms with Crippen LogP contribution >= 0.6 is 0 Å². The predicted octanol–water partition coefficient (Wildman–Crippen LogP) is 1.65. The molecule has 1 aromatic rings. The van der Waals surface area contributed by atoms with Crippen LogP contribution in [0.3, 0.4) is 0 Å². The number of hydrogen-bond donors (Lipinski definition) is 1. The molecule has 0 aromatic heterocycles. The number of hydrogen-bond acceptors (Lipinski definition) is 0. The van der Waals surface area contributed by atoms with E-state index in [9.17, 15) is 0 Å². The molecule has 0 spiro atoms. The normalized spacial score (nSPS) is 22.2. The Morgan fingerprint density at radius 1 is 1.21 bits per heavy atom. The molecule has 76 valence electrons. The second-order valence-electron chi connectivity index (χ2n) is 4.47. The lowest BCUT2D eigenvalue weighted by Crippen LogP contribution is -2.91. The molecule has 1 aromatic carbocycles. The predicted molar refractivity (Wildman–Crippen MR) is 59.3 cm³/mol. The molecular formula is C13H20N+. The van der Waals surface area contributed by atoms with E-state index in [0.717, 1.165) is 6.04 Å².